The van der Waals surface area contributed by atoms with Gasteiger partial charge in [0, 0.05) is 30.2 Å². The Morgan fingerprint density at radius 1 is 1.50 bits per heavy atom. The molecule has 2 N–H and O–H groups in total. The first-order valence-corrected chi connectivity index (χ1v) is 5.16. The fourth-order valence-corrected chi connectivity index (χ4v) is 1.78. The van der Waals surface area contributed by atoms with Gasteiger partial charge in [0.15, 0.2) is 0 Å². The predicted octanol–water partition coefficient (Wildman–Crippen LogP) is 1.47. The summed E-state index contributed by atoms with van der Waals surface area (Å²) >= 11 is 0. The zero-order valence-corrected chi connectivity index (χ0v) is 8.80. The fraction of sp³-hybridized carbons (Fsp3) is 0.545. The van der Waals surface area contributed by atoms with Crippen molar-refractivity contribution in [3.8, 4) is 0 Å². The van der Waals surface area contributed by atoms with E-state index in [2.05, 4.69) is 28.6 Å². The number of aryl methyl sites for hydroxylation is 2. The van der Waals surface area contributed by atoms with Crippen LogP contribution in [0.15, 0.2) is 12.3 Å². The zero-order chi connectivity index (χ0) is 9.97. The second kappa shape index (κ2) is 3.96. The summed E-state index contributed by atoms with van der Waals surface area (Å²) in [6.07, 6.45) is 3.14. The topological polar surface area (TPSA) is 37.0 Å². The molecular weight excluding hydrogens is 174 g/mol. The summed E-state index contributed by atoms with van der Waals surface area (Å²) in [6, 6.07) is 2.70. The molecule has 76 valence electrons. The minimum absolute atomic E-state index is 0.579. The quantitative estimate of drug-likeness (QED) is 0.743. The van der Waals surface area contributed by atoms with E-state index in [0.717, 1.165) is 18.8 Å². The van der Waals surface area contributed by atoms with Crippen molar-refractivity contribution >= 4 is 5.69 Å². The van der Waals surface area contributed by atoms with Crippen molar-refractivity contribution in [2.45, 2.75) is 26.3 Å². The molecule has 1 unspecified atom stereocenters. The van der Waals surface area contributed by atoms with Gasteiger partial charge in [-0.2, -0.15) is 0 Å². The molecule has 0 bridgehead atoms. The third kappa shape index (κ3) is 2.04. The average molecular weight is 191 g/mol. The maximum absolute atomic E-state index is 4.26. The van der Waals surface area contributed by atoms with Crippen molar-refractivity contribution in [2.24, 2.45) is 0 Å². The van der Waals surface area contributed by atoms with Gasteiger partial charge in [0.2, 0.25) is 0 Å². The molecule has 0 spiro atoms. The van der Waals surface area contributed by atoms with E-state index in [0.29, 0.717) is 6.04 Å². The molecule has 1 aromatic heterocycles. The predicted molar refractivity (Wildman–Crippen MR) is 58.6 cm³/mol. The molecule has 0 amide bonds. The second-order valence-electron chi connectivity index (χ2n) is 3.97. The third-order valence-electron chi connectivity index (χ3n) is 2.66. The van der Waals surface area contributed by atoms with Crippen molar-refractivity contribution in [3.63, 3.8) is 0 Å². The average Bonchev–Trinajstić information content (AvgIpc) is 2.64. The van der Waals surface area contributed by atoms with Crippen molar-refractivity contribution in [1.82, 2.24) is 10.3 Å². The van der Waals surface area contributed by atoms with Crippen molar-refractivity contribution < 1.29 is 0 Å². The van der Waals surface area contributed by atoms with E-state index in [1.165, 1.54) is 17.7 Å². The van der Waals surface area contributed by atoms with Gasteiger partial charge in [0.1, 0.15) is 0 Å². The first-order valence-electron chi connectivity index (χ1n) is 5.16. The normalized spacial score (nSPS) is 21.1. The van der Waals surface area contributed by atoms with Crippen LogP contribution in [0.5, 0.6) is 0 Å². The van der Waals surface area contributed by atoms with E-state index in [4.69, 9.17) is 0 Å². The second-order valence-corrected chi connectivity index (χ2v) is 3.97. The Labute approximate surface area is 84.9 Å². The number of anilines is 1. The Kier molecular flexibility index (Phi) is 2.68. The molecular formula is C11H17N3. The number of rotatable bonds is 2. The van der Waals surface area contributed by atoms with Gasteiger partial charge in [-0.3, -0.25) is 4.98 Å². The van der Waals surface area contributed by atoms with Gasteiger partial charge < -0.3 is 10.6 Å². The molecule has 3 heteroatoms. The van der Waals surface area contributed by atoms with E-state index >= 15 is 0 Å². The summed E-state index contributed by atoms with van der Waals surface area (Å²) in [5.41, 5.74) is 3.53. The summed E-state index contributed by atoms with van der Waals surface area (Å²) < 4.78 is 0. The molecule has 1 fully saturated rings. The van der Waals surface area contributed by atoms with Gasteiger partial charge in [-0.05, 0) is 38.4 Å². The maximum atomic E-state index is 4.26. The molecule has 1 aliphatic heterocycles. The first kappa shape index (κ1) is 9.46. The molecule has 0 saturated carbocycles. The molecule has 3 nitrogen and oxygen atoms in total. The highest BCUT2D eigenvalue weighted by Crippen LogP contribution is 2.16. The molecule has 0 aliphatic carbocycles. The number of aromatic nitrogens is 1. The number of pyridine rings is 1. The minimum atomic E-state index is 0.579. The summed E-state index contributed by atoms with van der Waals surface area (Å²) in [5, 5.41) is 6.90. The van der Waals surface area contributed by atoms with Crippen LogP contribution in [-0.2, 0) is 0 Å². The summed E-state index contributed by atoms with van der Waals surface area (Å²) in [5.74, 6) is 0. The number of hydrogen-bond donors (Lipinski definition) is 2. The van der Waals surface area contributed by atoms with Gasteiger partial charge in [-0.1, -0.05) is 0 Å². The molecule has 1 aromatic rings. The van der Waals surface area contributed by atoms with Crippen LogP contribution in [0.3, 0.4) is 0 Å². The van der Waals surface area contributed by atoms with Crippen LogP contribution in [0.2, 0.25) is 0 Å². The number of hydrogen-bond acceptors (Lipinski definition) is 3. The number of nitrogens with zero attached hydrogens (tertiary/aromatic N) is 1. The molecule has 0 aromatic carbocycles. The lowest BCUT2D eigenvalue weighted by molar-refractivity contribution is 0.791. The molecule has 1 atom stereocenters. The minimum Gasteiger partial charge on any atom is -0.381 e. The Bertz CT molecular complexity index is 316. The lowest BCUT2D eigenvalue weighted by Crippen LogP contribution is -2.22. The highest BCUT2D eigenvalue weighted by Gasteiger charge is 2.14. The van der Waals surface area contributed by atoms with E-state index in [1.54, 1.807) is 0 Å². The van der Waals surface area contributed by atoms with Crippen LogP contribution in [0.25, 0.3) is 0 Å². The Morgan fingerprint density at radius 3 is 3.07 bits per heavy atom. The van der Waals surface area contributed by atoms with Crippen LogP contribution in [-0.4, -0.2) is 24.1 Å². The summed E-state index contributed by atoms with van der Waals surface area (Å²) in [7, 11) is 0. The monoisotopic (exact) mass is 191 g/mol. The smallest absolute Gasteiger partial charge is 0.0406 e. The first-order chi connectivity index (χ1) is 6.75. The van der Waals surface area contributed by atoms with E-state index in [-0.39, 0.29) is 0 Å². The van der Waals surface area contributed by atoms with Crippen LogP contribution in [0.1, 0.15) is 17.7 Å². The van der Waals surface area contributed by atoms with Gasteiger partial charge in [-0.25, -0.2) is 0 Å². The Morgan fingerprint density at radius 2 is 2.36 bits per heavy atom. The van der Waals surface area contributed by atoms with Gasteiger partial charge >= 0.3 is 0 Å². The van der Waals surface area contributed by atoms with E-state index < -0.39 is 0 Å². The maximum Gasteiger partial charge on any atom is 0.0406 e. The summed E-state index contributed by atoms with van der Waals surface area (Å²) in [4.78, 5) is 4.26. The van der Waals surface area contributed by atoms with Crippen LogP contribution in [0.4, 0.5) is 5.69 Å². The van der Waals surface area contributed by atoms with Crippen molar-refractivity contribution in [1.29, 1.82) is 0 Å². The largest absolute Gasteiger partial charge is 0.381 e. The lowest BCUT2D eigenvalue weighted by Gasteiger charge is -2.15. The highest BCUT2D eigenvalue weighted by molar-refractivity contribution is 5.51. The third-order valence-corrected chi connectivity index (χ3v) is 2.66. The SMILES string of the molecule is Cc1cc(NC2CCNC2)c(C)cn1. The Balaban J connectivity index is 2.10. The van der Waals surface area contributed by atoms with Crippen LogP contribution < -0.4 is 10.6 Å². The number of nitrogens with one attached hydrogen (secondary N) is 2. The van der Waals surface area contributed by atoms with E-state index in [1.807, 2.05) is 13.1 Å². The molecule has 2 rings (SSSR count). The van der Waals surface area contributed by atoms with Crippen LogP contribution >= 0.6 is 0 Å². The molecule has 1 saturated heterocycles. The summed E-state index contributed by atoms with van der Waals surface area (Å²) in [6.45, 7) is 6.32. The van der Waals surface area contributed by atoms with Gasteiger partial charge in [0.05, 0.1) is 0 Å². The van der Waals surface area contributed by atoms with Gasteiger partial charge in [0.25, 0.3) is 0 Å². The Hall–Kier alpha value is -1.09. The zero-order valence-electron chi connectivity index (χ0n) is 8.80. The standard InChI is InChI=1S/C11H17N3/c1-8-6-13-9(2)5-11(8)14-10-3-4-12-7-10/h5-6,10,12H,3-4,7H2,1-2H3,(H,13,14). The van der Waals surface area contributed by atoms with E-state index in [9.17, 15) is 0 Å². The van der Waals surface area contributed by atoms with Crippen LogP contribution in [0, 0.1) is 13.8 Å². The lowest BCUT2D eigenvalue weighted by atomic mass is 10.2. The van der Waals surface area contributed by atoms with Crippen molar-refractivity contribution in [2.75, 3.05) is 18.4 Å². The van der Waals surface area contributed by atoms with Crippen molar-refractivity contribution in [3.05, 3.63) is 23.5 Å². The highest BCUT2D eigenvalue weighted by atomic mass is 15.0. The fourth-order valence-electron chi connectivity index (χ4n) is 1.78. The molecule has 2 heterocycles. The molecule has 14 heavy (non-hydrogen) atoms. The molecule has 0 radical (unpaired) electrons. The van der Waals surface area contributed by atoms with Gasteiger partial charge in [-0.15, -0.1) is 0 Å². The molecule has 1 aliphatic rings.